The van der Waals surface area contributed by atoms with Gasteiger partial charge in [0.1, 0.15) is 0 Å². The molecule has 2 rings (SSSR count). The molecular weight excluding hydrogens is 412 g/mol. The lowest BCUT2D eigenvalue weighted by Gasteiger charge is -2.26. The summed E-state index contributed by atoms with van der Waals surface area (Å²) >= 11 is 0. The highest BCUT2D eigenvalue weighted by molar-refractivity contribution is 5.28. The van der Waals surface area contributed by atoms with E-state index >= 15 is 0 Å². The molecule has 0 aromatic heterocycles. The van der Waals surface area contributed by atoms with Crippen molar-refractivity contribution >= 4 is 0 Å². The fourth-order valence-electron chi connectivity index (χ4n) is 3.63. The summed E-state index contributed by atoms with van der Waals surface area (Å²) in [5.74, 6) is 0.589. The summed E-state index contributed by atoms with van der Waals surface area (Å²) in [6.07, 6.45) is 1.15. The maximum Gasteiger partial charge on any atom is 0.0876 e. The highest BCUT2D eigenvalue weighted by Crippen LogP contribution is 2.27. The van der Waals surface area contributed by atoms with Gasteiger partial charge in [-0.15, -0.1) is 0 Å². The van der Waals surface area contributed by atoms with Crippen molar-refractivity contribution in [3.63, 3.8) is 0 Å². The fourth-order valence-corrected chi connectivity index (χ4v) is 3.63. The van der Waals surface area contributed by atoms with Crippen LogP contribution in [-0.4, -0.2) is 46.2 Å². The Morgan fingerprint density at radius 2 is 1.21 bits per heavy atom. The Morgan fingerprint density at radius 3 is 1.79 bits per heavy atom. The lowest BCUT2D eigenvalue weighted by atomic mass is 9.86. The van der Waals surface area contributed by atoms with Gasteiger partial charge in [0.05, 0.1) is 51.8 Å². The Bertz CT molecular complexity index is 768. The van der Waals surface area contributed by atoms with Crippen LogP contribution in [0.4, 0.5) is 0 Å². The summed E-state index contributed by atoms with van der Waals surface area (Å²) in [5.41, 5.74) is 3.51. The van der Waals surface area contributed by atoms with Crippen LogP contribution in [0, 0.1) is 0 Å². The van der Waals surface area contributed by atoms with E-state index in [0.717, 1.165) is 6.42 Å². The molecule has 4 heteroatoms. The van der Waals surface area contributed by atoms with E-state index in [-0.39, 0.29) is 11.0 Å². The molecule has 0 bridgehead atoms. The second-order valence-electron chi connectivity index (χ2n) is 9.82. The number of ether oxygens (including phenoxy) is 4. The van der Waals surface area contributed by atoms with Crippen LogP contribution in [0.25, 0.3) is 0 Å². The molecule has 2 aromatic carbocycles. The van der Waals surface area contributed by atoms with E-state index in [1.165, 1.54) is 16.7 Å². The van der Waals surface area contributed by atoms with Crippen LogP contribution in [0.3, 0.4) is 0 Å². The quantitative estimate of drug-likeness (QED) is 0.271. The monoisotopic (exact) mass is 456 g/mol. The van der Waals surface area contributed by atoms with Crippen molar-refractivity contribution in [2.45, 2.75) is 64.9 Å². The summed E-state index contributed by atoms with van der Waals surface area (Å²) in [5, 5.41) is 0. The van der Waals surface area contributed by atoms with Crippen molar-refractivity contribution in [3.05, 3.63) is 71.3 Å². The van der Waals surface area contributed by atoms with Gasteiger partial charge in [0, 0.05) is 5.41 Å². The molecule has 0 heterocycles. The zero-order valence-electron chi connectivity index (χ0n) is 21.6. The second-order valence-corrected chi connectivity index (χ2v) is 9.82. The molecule has 184 valence electrons. The predicted molar refractivity (Wildman–Crippen MR) is 136 cm³/mol. The first-order valence-corrected chi connectivity index (χ1v) is 12.3. The van der Waals surface area contributed by atoms with Gasteiger partial charge >= 0.3 is 0 Å². The molecule has 0 saturated carbocycles. The fraction of sp³-hybridized carbons (Fsp3) is 0.586. The molecular formula is C29H44O4. The SMILES string of the molecule is CCC(C)c1ccc(C(C)(C)OCCOCCOCCOCC(C)(C)c2ccccc2)cc1. The molecule has 1 atom stereocenters. The smallest absolute Gasteiger partial charge is 0.0876 e. The highest BCUT2D eigenvalue weighted by Gasteiger charge is 2.21. The lowest BCUT2D eigenvalue weighted by molar-refractivity contribution is -0.0575. The molecule has 0 saturated heterocycles. The van der Waals surface area contributed by atoms with E-state index in [1.807, 2.05) is 6.07 Å². The molecule has 0 amide bonds. The van der Waals surface area contributed by atoms with E-state index in [9.17, 15) is 0 Å². The van der Waals surface area contributed by atoms with Crippen LogP contribution >= 0.6 is 0 Å². The third-order valence-electron chi connectivity index (χ3n) is 6.24. The minimum atomic E-state index is -0.335. The Labute approximate surface area is 201 Å². The van der Waals surface area contributed by atoms with Crippen LogP contribution < -0.4 is 0 Å². The van der Waals surface area contributed by atoms with Gasteiger partial charge in [-0.05, 0) is 42.9 Å². The average molecular weight is 457 g/mol. The molecule has 1 unspecified atom stereocenters. The maximum atomic E-state index is 6.08. The summed E-state index contributed by atoms with van der Waals surface area (Å²) in [4.78, 5) is 0. The van der Waals surface area contributed by atoms with Crippen molar-refractivity contribution in [2.24, 2.45) is 0 Å². The van der Waals surface area contributed by atoms with Crippen molar-refractivity contribution < 1.29 is 18.9 Å². The van der Waals surface area contributed by atoms with Crippen LogP contribution in [0.5, 0.6) is 0 Å². The van der Waals surface area contributed by atoms with Gasteiger partial charge in [-0.1, -0.05) is 82.3 Å². The molecule has 4 nitrogen and oxygen atoms in total. The first-order chi connectivity index (χ1) is 15.8. The van der Waals surface area contributed by atoms with Gasteiger partial charge in [-0.2, -0.15) is 0 Å². The van der Waals surface area contributed by atoms with Crippen molar-refractivity contribution in [3.8, 4) is 0 Å². The van der Waals surface area contributed by atoms with Crippen LogP contribution in [0.2, 0.25) is 0 Å². The minimum absolute atomic E-state index is 0.00583. The van der Waals surface area contributed by atoms with Crippen molar-refractivity contribution in [1.29, 1.82) is 0 Å². The van der Waals surface area contributed by atoms with Crippen LogP contribution in [0.15, 0.2) is 54.6 Å². The Kier molecular flexibility index (Phi) is 11.6. The summed E-state index contributed by atoms with van der Waals surface area (Å²) in [6.45, 7) is 17.1. The number of hydrogen-bond donors (Lipinski definition) is 0. The summed E-state index contributed by atoms with van der Waals surface area (Å²) in [7, 11) is 0. The van der Waals surface area contributed by atoms with E-state index in [2.05, 4.69) is 90.1 Å². The van der Waals surface area contributed by atoms with Gasteiger partial charge in [0.15, 0.2) is 0 Å². The maximum absolute atomic E-state index is 6.08. The molecule has 2 aromatic rings. The van der Waals surface area contributed by atoms with Crippen molar-refractivity contribution in [2.75, 3.05) is 46.2 Å². The molecule has 0 aliphatic carbocycles. The number of rotatable bonds is 16. The lowest BCUT2D eigenvalue weighted by Crippen LogP contribution is -2.25. The zero-order valence-corrected chi connectivity index (χ0v) is 21.6. The molecule has 0 aliphatic rings. The second kappa shape index (κ2) is 13.9. The molecule has 0 fully saturated rings. The summed E-state index contributed by atoms with van der Waals surface area (Å²) < 4.78 is 23.2. The van der Waals surface area contributed by atoms with E-state index in [1.54, 1.807) is 0 Å². The van der Waals surface area contributed by atoms with Gasteiger partial charge in [0.2, 0.25) is 0 Å². The van der Waals surface area contributed by atoms with Gasteiger partial charge in [0.25, 0.3) is 0 Å². The third kappa shape index (κ3) is 9.58. The predicted octanol–water partition coefficient (Wildman–Crippen LogP) is 6.48. The third-order valence-corrected chi connectivity index (χ3v) is 6.24. The highest BCUT2D eigenvalue weighted by atomic mass is 16.6. The molecule has 33 heavy (non-hydrogen) atoms. The van der Waals surface area contributed by atoms with Crippen molar-refractivity contribution in [1.82, 2.24) is 0 Å². The van der Waals surface area contributed by atoms with E-state index in [0.29, 0.717) is 52.2 Å². The Hall–Kier alpha value is -1.72. The van der Waals surface area contributed by atoms with E-state index < -0.39 is 0 Å². The topological polar surface area (TPSA) is 36.9 Å². The number of hydrogen-bond acceptors (Lipinski definition) is 4. The van der Waals surface area contributed by atoms with E-state index in [4.69, 9.17) is 18.9 Å². The molecule has 0 radical (unpaired) electrons. The normalized spacial score (nSPS) is 13.3. The standard InChI is InChI=1S/C29H44O4/c1-7-24(2)25-13-15-27(16-14-25)29(5,6)33-22-21-31-18-17-30-19-20-32-23-28(3,4)26-11-9-8-10-12-26/h8-16,24H,7,17-23H2,1-6H3. The average Bonchev–Trinajstić information content (AvgIpc) is 2.82. The van der Waals surface area contributed by atoms with Gasteiger partial charge in [-0.25, -0.2) is 0 Å². The minimum Gasteiger partial charge on any atom is -0.378 e. The molecule has 0 aliphatic heterocycles. The largest absolute Gasteiger partial charge is 0.378 e. The van der Waals surface area contributed by atoms with Crippen LogP contribution in [-0.2, 0) is 30.0 Å². The van der Waals surface area contributed by atoms with Gasteiger partial charge < -0.3 is 18.9 Å². The molecule has 0 N–H and O–H groups in total. The first-order valence-electron chi connectivity index (χ1n) is 12.3. The molecule has 0 spiro atoms. The Balaban J connectivity index is 1.51. The first kappa shape index (κ1) is 27.5. The zero-order chi connectivity index (χ0) is 24.2. The summed E-state index contributed by atoms with van der Waals surface area (Å²) in [6, 6.07) is 19.3. The number of benzene rings is 2. The Morgan fingerprint density at radius 1 is 0.667 bits per heavy atom. The van der Waals surface area contributed by atoms with Crippen LogP contribution in [0.1, 0.15) is 70.6 Å². The van der Waals surface area contributed by atoms with Gasteiger partial charge in [-0.3, -0.25) is 0 Å².